The Hall–Kier alpha value is -1.29. The van der Waals surface area contributed by atoms with Crippen LogP contribution in [0.25, 0.3) is 0 Å². The second-order valence-electron chi connectivity index (χ2n) is 3.16. The van der Waals surface area contributed by atoms with Crippen molar-refractivity contribution in [3.8, 4) is 5.75 Å². The Morgan fingerprint density at radius 3 is 2.67 bits per heavy atom. The minimum Gasteiger partial charge on any atom is -0.486 e. The zero-order valence-corrected chi connectivity index (χ0v) is 9.94. The van der Waals surface area contributed by atoms with Gasteiger partial charge < -0.3 is 9.30 Å². The highest BCUT2D eigenvalue weighted by molar-refractivity contribution is 9.10. The van der Waals surface area contributed by atoms with E-state index in [2.05, 4.69) is 20.9 Å². The summed E-state index contributed by atoms with van der Waals surface area (Å²) in [5.74, 6) is 1.75. The second kappa shape index (κ2) is 4.49. The van der Waals surface area contributed by atoms with E-state index in [9.17, 15) is 0 Å². The van der Waals surface area contributed by atoms with Crippen LogP contribution >= 0.6 is 15.9 Å². The zero-order chi connectivity index (χ0) is 10.7. The maximum Gasteiger partial charge on any atom is 0.147 e. The van der Waals surface area contributed by atoms with Crippen LogP contribution in [0.3, 0.4) is 0 Å². The first kappa shape index (κ1) is 10.2. The van der Waals surface area contributed by atoms with Crippen LogP contribution in [0.15, 0.2) is 41.1 Å². The van der Waals surface area contributed by atoms with E-state index >= 15 is 0 Å². The predicted molar refractivity (Wildman–Crippen MR) is 61.7 cm³/mol. The summed E-state index contributed by atoms with van der Waals surface area (Å²) in [6.45, 7) is 0.478. The van der Waals surface area contributed by atoms with Gasteiger partial charge in [-0.1, -0.05) is 18.2 Å². The molecule has 4 heteroatoms. The Morgan fingerprint density at radius 2 is 2.07 bits per heavy atom. The first-order valence-electron chi connectivity index (χ1n) is 4.61. The number of rotatable bonds is 3. The van der Waals surface area contributed by atoms with Crippen LogP contribution < -0.4 is 4.74 Å². The van der Waals surface area contributed by atoms with E-state index in [4.69, 9.17) is 4.74 Å². The number of hydrogen-bond donors (Lipinski definition) is 0. The van der Waals surface area contributed by atoms with Crippen molar-refractivity contribution in [3.63, 3.8) is 0 Å². The van der Waals surface area contributed by atoms with Crippen LogP contribution in [0.5, 0.6) is 5.75 Å². The fraction of sp³-hybridized carbons (Fsp3) is 0.182. The number of hydrogen-bond acceptors (Lipinski definition) is 2. The number of imidazole rings is 1. The van der Waals surface area contributed by atoms with Crippen molar-refractivity contribution in [1.29, 1.82) is 0 Å². The normalized spacial score (nSPS) is 10.3. The molecule has 2 rings (SSSR count). The molecule has 0 saturated heterocycles. The molecule has 0 spiro atoms. The van der Waals surface area contributed by atoms with Gasteiger partial charge in [0.25, 0.3) is 0 Å². The molecular weight excluding hydrogens is 256 g/mol. The number of ether oxygens (including phenoxy) is 1. The highest BCUT2D eigenvalue weighted by Gasteiger charge is 2.04. The number of aromatic nitrogens is 2. The Morgan fingerprint density at radius 1 is 1.33 bits per heavy atom. The lowest BCUT2D eigenvalue weighted by Crippen LogP contribution is -2.03. The summed E-state index contributed by atoms with van der Waals surface area (Å²) in [5, 5.41) is 0. The van der Waals surface area contributed by atoms with E-state index in [1.165, 1.54) is 0 Å². The monoisotopic (exact) mass is 266 g/mol. The molecule has 0 unspecified atom stereocenters. The molecule has 0 fully saturated rings. The lowest BCUT2D eigenvalue weighted by molar-refractivity contribution is 0.291. The number of benzene rings is 1. The summed E-state index contributed by atoms with van der Waals surface area (Å²) >= 11 is 3.39. The molecule has 0 aliphatic carbocycles. The summed E-state index contributed by atoms with van der Waals surface area (Å²) in [5.41, 5.74) is 0. The molecule has 0 N–H and O–H groups in total. The molecule has 0 aliphatic rings. The van der Waals surface area contributed by atoms with E-state index in [-0.39, 0.29) is 0 Å². The zero-order valence-electron chi connectivity index (χ0n) is 8.35. The molecular formula is C11H11BrN2O. The average molecular weight is 267 g/mol. The summed E-state index contributed by atoms with van der Waals surface area (Å²) < 4.78 is 8.48. The molecule has 78 valence electrons. The molecule has 0 atom stereocenters. The quantitative estimate of drug-likeness (QED) is 0.855. The van der Waals surface area contributed by atoms with Crippen LogP contribution in [0.4, 0.5) is 0 Å². The summed E-state index contributed by atoms with van der Waals surface area (Å²) in [6.07, 6.45) is 1.77. The Balaban J connectivity index is 2.02. The third-order valence-corrected chi connectivity index (χ3v) is 2.88. The lowest BCUT2D eigenvalue weighted by atomic mass is 10.3. The van der Waals surface area contributed by atoms with E-state index < -0.39 is 0 Å². The van der Waals surface area contributed by atoms with Gasteiger partial charge in [-0.25, -0.2) is 4.98 Å². The smallest absolute Gasteiger partial charge is 0.147 e. The van der Waals surface area contributed by atoms with Crippen LogP contribution in [-0.2, 0) is 13.7 Å². The fourth-order valence-corrected chi connectivity index (χ4v) is 1.53. The third-order valence-electron chi connectivity index (χ3n) is 2.14. The molecule has 3 nitrogen and oxygen atoms in total. The van der Waals surface area contributed by atoms with Gasteiger partial charge in [0.05, 0.1) is 6.20 Å². The number of para-hydroxylation sites is 1. The first-order chi connectivity index (χ1) is 7.27. The highest BCUT2D eigenvalue weighted by atomic mass is 79.9. The van der Waals surface area contributed by atoms with Crippen molar-refractivity contribution in [2.75, 3.05) is 0 Å². The van der Waals surface area contributed by atoms with Gasteiger partial charge in [0.2, 0.25) is 0 Å². The fourth-order valence-electron chi connectivity index (χ4n) is 1.22. The van der Waals surface area contributed by atoms with Gasteiger partial charge in [-0.3, -0.25) is 0 Å². The Kier molecular flexibility index (Phi) is 3.06. The van der Waals surface area contributed by atoms with Gasteiger partial charge in [-0.15, -0.1) is 0 Å². The van der Waals surface area contributed by atoms with Crippen molar-refractivity contribution in [2.24, 2.45) is 7.05 Å². The summed E-state index contributed by atoms with van der Waals surface area (Å²) in [6, 6.07) is 9.72. The van der Waals surface area contributed by atoms with Crippen molar-refractivity contribution in [3.05, 3.63) is 47.0 Å². The molecule has 0 radical (unpaired) electrons. The largest absolute Gasteiger partial charge is 0.486 e. The molecule has 2 aromatic rings. The molecule has 1 aromatic heterocycles. The molecule has 1 aromatic carbocycles. The topological polar surface area (TPSA) is 27.1 Å². The molecule has 0 amide bonds. The molecule has 0 bridgehead atoms. The van der Waals surface area contributed by atoms with Crippen LogP contribution in [0.2, 0.25) is 0 Å². The van der Waals surface area contributed by atoms with Crippen molar-refractivity contribution < 1.29 is 4.74 Å². The van der Waals surface area contributed by atoms with Crippen molar-refractivity contribution in [2.45, 2.75) is 6.61 Å². The van der Waals surface area contributed by atoms with Gasteiger partial charge in [0, 0.05) is 7.05 Å². The number of halogens is 1. The number of nitrogens with zero attached hydrogens (tertiary/aromatic N) is 2. The minimum atomic E-state index is 0.478. The van der Waals surface area contributed by atoms with Crippen molar-refractivity contribution >= 4 is 15.9 Å². The second-order valence-corrected chi connectivity index (χ2v) is 3.97. The molecule has 0 saturated carbocycles. The van der Waals surface area contributed by atoms with Gasteiger partial charge in [0.15, 0.2) is 0 Å². The summed E-state index contributed by atoms with van der Waals surface area (Å²) in [7, 11) is 1.95. The maximum absolute atomic E-state index is 5.58. The van der Waals surface area contributed by atoms with Gasteiger partial charge in [-0.2, -0.15) is 0 Å². The lowest BCUT2D eigenvalue weighted by Gasteiger charge is -2.05. The van der Waals surface area contributed by atoms with Crippen LogP contribution in [0.1, 0.15) is 5.82 Å². The van der Waals surface area contributed by atoms with Gasteiger partial charge in [0.1, 0.15) is 22.8 Å². The van der Waals surface area contributed by atoms with E-state index in [1.807, 2.05) is 41.9 Å². The maximum atomic E-state index is 5.58. The van der Waals surface area contributed by atoms with Gasteiger partial charge >= 0.3 is 0 Å². The van der Waals surface area contributed by atoms with Crippen LogP contribution in [0, 0.1) is 0 Å². The van der Waals surface area contributed by atoms with E-state index in [0.717, 1.165) is 16.2 Å². The SMILES string of the molecule is Cn1c(Br)cnc1COc1ccccc1. The van der Waals surface area contributed by atoms with Crippen molar-refractivity contribution in [1.82, 2.24) is 9.55 Å². The standard InChI is InChI=1S/C11H11BrN2O/c1-14-10(12)7-13-11(14)8-15-9-5-3-2-4-6-9/h2-7H,8H2,1H3. The highest BCUT2D eigenvalue weighted by Crippen LogP contribution is 2.13. The molecule has 0 aliphatic heterocycles. The van der Waals surface area contributed by atoms with Crippen LogP contribution in [-0.4, -0.2) is 9.55 Å². The first-order valence-corrected chi connectivity index (χ1v) is 5.40. The Labute approximate surface area is 96.8 Å². The van der Waals surface area contributed by atoms with Gasteiger partial charge in [-0.05, 0) is 28.1 Å². The predicted octanol–water partition coefficient (Wildman–Crippen LogP) is 2.76. The minimum absolute atomic E-state index is 0.478. The van der Waals surface area contributed by atoms with E-state index in [0.29, 0.717) is 6.61 Å². The molecule has 1 heterocycles. The summed E-state index contributed by atoms with van der Waals surface area (Å²) in [4.78, 5) is 4.22. The average Bonchev–Trinajstić information content (AvgIpc) is 2.59. The third kappa shape index (κ3) is 2.39. The van der Waals surface area contributed by atoms with E-state index in [1.54, 1.807) is 6.20 Å². The molecule has 15 heavy (non-hydrogen) atoms. The Bertz CT molecular complexity index is 439.